The first kappa shape index (κ1) is 23.1. The molecular weight excluding hydrogens is 399 g/mol. The molecule has 0 saturated heterocycles. The van der Waals surface area contributed by atoms with Crippen LogP contribution in [0.4, 0.5) is 22.0 Å². The third kappa shape index (κ3) is 5.00. The van der Waals surface area contributed by atoms with E-state index in [9.17, 15) is 17.6 Å². The number of alkyl halides is 5. The van der Waals surface area contributed by atoms with Gasteiger partial charge in [-0.3, -0.25) is 0 Å². The topological polar surface area (TPSA) is 9.23 Å². The number of allylic oxidation sites excluding steroid dienone is 1. The number of benzene rings is 1. The minimum Gasteiger partial charge on any atom is -0.429 e. The molecule has 2 aliphatic carbocycles. The van der Waals surface area contributed by atoms with Crippen molar-refractivity contribution in [2.24, 2.45) is 11.8 Å². The van der Waals surface area contributed by atoms with Crippen molar-refractivity contribution in [3.63, 3.8) is 0 Å². The Morgan fingerprint density at radius 1 is 1.03 bits per heavy atom. The fourth-order valence-electron chi connectivity index (χ4n) is 4.87. The zero-order valence-electron chi connectivity index (χ0n) is 17.4. The van der Waals surface area contributed by atoms with Crippen molar-refractivity contribution in [1.29, 1.82) is 0 Å². The molecule has 0 aliphatic heterocycles. The van der Waals surface area contributed by atoms with Crippen molar-refractivity contribution in [1.82, 2.24) is 0 Å². The standard InChI is InChI=1S/C24H31F5O/c1-2-3-5-8-17-11-13-18(14-12-17)23(27)21(25)15-19(16-22(23)26)24(28,29)30-20-9-6-4-7-10-20/h4,6-7,9-10,15,17-18,21-22H,2-3,5,8,11-14,16H2,1H3. The van der Waals surface area contributed by atoms with Crippen molar-refractivity contribution in [3.05, 3.63) is 42.0 Å². The number of unbranched alkanes of at least 4 members (excludes halogenated alkanes) is 2. The Morgan fingerprint density at radius 3 is 2.30 bits per heavy atom. The predicted molar refractivity (Wildman–Crippen MR) is 108 cm³/mol. The molecule has 0 radical (unpaired) electrons. The van der Waals surface area contributed by atoms with E-state index >= 15 is 4.39 Å². The highest BCUT2D eigenvalue weighted by atomic mass is 19.3. The summed E-state index contributed by atoms with van der Waals surface area (Å²) >= 11 is 0. The summed E-state index contributed by atoms with van der Waals surface area (Å²) in [5.41, 5.74) is -3.59. The predicted octanol–water partition coefficient (Wildman–Crippen LogP) is 7.76. The molecule has 1 nitrogen and oxygen atoms in total. The van der Waals surface area contributed by atoms with E-state index in [0.29, 0.717) is 24.8 Å². The first-order valence-electron chi connectivity index (χ1n) is 11.1. The quantitative estimate of drug-likeness (QED) is 0.233. The van der Waals surface area contributed by atoms with Crippen LogP contribution < -0.4 is 4.74 Å². The maximum absolute atomic E-state index is 15.6. The summed E-state index contributed by atoms with van der Waals surface area (Å²) in [5, 5.41) is 0. The lowest BCUT2D eigenvalue weighted by Gasteiger charge is -2.44. The van der Waals surface area contributed by atoms with Crippen molar-refractivity contribution in [2.75, 3.05) is 0 Å². The molecule has 0 aromatic heterocycles. The van der Waals surface area contributed by atoms with Gasteiger partial charge in [0, 0.05) is 12.0 Å². The van der Waals surface area contributed by atoms with Gasteiger partial charge in [0.05, 0.1) is 0 Å². The van der Waals surface area contributed by atoms with E-state index in [1.807, 2.05) is 0 Å². The molecule has 30 heavy (non-hydrogen) atoms. The third-order valence-electron chi connectivity index (χ3n) is 6.70. The normalized spacial score (nSPS) is 32.5. The molecule has 0 bridgehead atoms. The highest BCUT2D eigenvalue weighted by Crippen LogP contribution is 2.50. The third-order valence-corrected chi connectivity index (χ3v) is 6.70. The zero-order valence-corrected chi connectivity index (χ0v) is 17.4. The lowest BCUT2D eigenvalue weighted by Crippen LogP contribution is -2.54. The molecule has 0 N–H and O–H groups in total. The Morgan fingerprint density at radius 2 is 1.70 bits per heavy atom. The molecule has 2 aliphatic rings. The minimum atomic E-state index is -3.89. The van der Waals surface area contributed by atoms with E-state index in [2.05, 4.69) is 11.7 Å². The second-order valence-electron chi connectivity index (χ2n) is 8.74. The number of rotatable bonds is 8. The largest absolute Gasteiger partial charge is 0.429 e. The Labute approximate surface area is 175 Å². The van der Waals surface area contributed by atoms with Crippen molar-refractivity contribution < 1.29 is 26.7 Å². The molecule has 3 unspecified atom stereocenters. The highest BCUT2D eigenvalue weighted by Gasteiger charge is 2.58. The summed E-state index contributed by atoms with van der Waals surface area (Å²) in [5.74, 6) is -0.440. The van der Waals surface area contributed by atoms with Gasteiger partial charge in [0.2, 0.25) is 0 Å². The maximum Gasteiger partial charge on any atom is 0.422 e. The molecule has 0 amide bonds. The monoisotopic (exact) mass is 430 g/mol. The van der Waals surface area contributed by atoms with Gasteiger partial charge < -0.3 is 4.74 Å². The summed E-state index contributed by atoms with van der Waals surface area (Å²) in [7, 11) is 0. The molecule has 3 rings (SSSR count). The Hall–Kier alpha value is -1.59. The molecule has 0 spiro atoms. The molecule has 1 fully saturated rings. The highest BCUT2D eigenvalue weighted by molar-refractivity contribution is 5.28. The maximum atomic E-state index is 15.6. The second-order valence-corrected chi connectivity index (χ2v) is 8.74. The van der Waals surface area contributed by atoms with E-state index in [0.717, 1.165) is 38.5 Å². The van der Waals surface area contributed by atoms with E-state index in [4.69, 9.17) is 0 Å². The number of ether oxygens (including phenoxy) is 1. The average molecular weight is 431 g/mol. The molecule has 6 heteroatoms. The van der Waals surface area contributed by atoms with E-state index in [-0.39, 0.29) is 5.75 Å². The van der Waals surface area contributed by atoms with Crippen LogP contribution in [0.1, 0.15) is 64.7 Å². The summed E-state index contributed by atoms with van der Waals surface area (Å²) in [6.45, 7) is 2.13. The van der Waals surface area contributed by atoms with Gasteiger partial charge in [0.15, 0.2) is 11.8 Å². The Bertz CT molecular complexity index is 699. The average Bonchev–Trinajstić information content (AvgIpc) is 2.72. The molecule has 1 saturated carbocycles. The SMILES string of the molecule is CCCCCC1CCC(C2(F)C(F)C=C(C(F)(F)Oc3ccccc3)CC2F)CC1. The number of hydrogen-bond donors (Lipinski definition) is 0. The van der Waals surface area contributed by atoms with Crippen LogP contribution in [0.25, 0.3) is 0 Å². The fraction of sp³-hybridized carbons (Fsp3) is 0.667. The molecule has 0 heterocycles. The summed E-state index contributed by atoms with van der Waals surface area (Å²) in [6.07, 6.45) is -2.22. The number of para-hydroxylation sites is 1. The lowest BCUT2D eigenvalue weighted by atomic mass is 9.67. The smallest absolute Gasteiger partial charge is 0.422 e. The van der Waals surface area contributed by atoms with Gasteiger partial charge >= 0.3 is 6.11 Å². The Balaban J connectivity index is 1.66. The van der Waals surface area contributed by atoms with Gasteiger partial charge in [0.1, 0.15) is 11.9 Å². The molecule has 168 valence electrons. The number of halogens is 5. The fourth-order valence-corrected chi connectivity index (χ4v) is 4.87. The summed E-state index contributed by atoms with van der Waals surface area (Å²) in [4.78, 5) is 0. The van der Waals surface area contributed by atoms with Crippen LogP contribution in [0.15, 0.2) is 42.0 Å². The molecule has 1 aromatic carbocycles. The van der Waals surface area contributed by atoms with Crippen molar-refractivity contribution in [2.45, 2.75) is 88.8 Å². The van der Waals surface area contributed by atoms with Crippen LogP contribution >= 0.6 is 0 Å². The van der Waals surface area contributed by atoms with E-state index < -0.39 is 42.0 Å². The Kier molecular flexibility index (Phi) is 7.46. The van der Waals surface area contributed by atoms with Gasteiger partial charge in [-0.2, -0.15) is 8.78 Å². The molecule has 1 aromatic rings. The van der Waals surface area contributed by atoms with Gasteiger partial charge in [-0.1, -0.05) is 63.6 Å². The van der Waals surface area contributed by atoms with Crippen LogP contribution in [0.5, 0.6) is 5.75 Å². The van der Waals surface area contributed by atoms with E-state index in [1.165, 1.54) is 24.3 Å². The minimum absolute atomic E-state index is 0.118. The van der Waals surface area contributed by atoms with Crippen molar-refractivity contribution in [3.8, 4) is 5.75 Å². The molecular formula is C24H31F5O. The summed E-state index contributed by atoms with van der Waals surface area (Å²) < 4.78 is 79.0. The van der Waals surface area contributed by atoms with E-state index in [1.54, 1.807) is 6.07 Å². The van der Waals surface area contributed by atoms with Crippen molar-refractivity contribution >= 4 is 0 Å². The van der Waals surface area contributed by atoms with Crippen LogP contribution in [0.3, 0.4) is 0 Å². The number of hydrogen-bond acceptors (Lipinski definition) is 1. The van der Waals surface area contributed by atoms with Crippen LogP contribution in [-0.2, 0) is 0 Å². The van der Waals surface area contributed by atoms with Crippen LogP contribution in [-0.4, -0.2) is 24.1 Å². The van der Waals surface area contributed by atoms with Gasteiger partial charge in [-0.05, 0) is 42.9 Å². The van der Waals surface area contributed by atoms with Crippen LogP contribution in [0, 0.1) is 11.8 Å². The lowest BCUT2D eigenvalue weighted by molar-refractivity contribution is -0.155. The van der Waals surface area contributed by atoms with Gasteiger partial charge in [-0.15, -0.1) is 0 Å². The first-order chi connectivity index (χ1) is 14.3. The zero-order chi connectivity index (χ0) is 21.8. The first-order valence-corrected chi connectivity index (χ1v) is 11.1. The summed E-state index contributed by atoms with van der Waals surface area (Å²) in [6, 6.07) is 7.32. The van der Waals surface area contributed by atoms with Crippen LogP contribution in [0.2, 0.25) is 0 Å². The molecule has 3 atom stereocenters. The van der Waals surface area contributed by atoms with Gasteiger partial charge in [0.25, 0.3) is 0 Å². The van der Waals surface area contributed by atoms with Gasteiger partial charge in [-0.25, -0.2) is 13.2 Å². The second kappa shape index (κ2) is 9.69.